The van der Waals surface area contributed by atoms with E-state index >= 15 is 0 Å². The number of likely N-dealkylation sites (tertiary alicyclic amines) is 1. The van der Waals surface area contributed by atoms with Gasteiger partial charge in [0.1, 0.15) is 6.61 Å². The van der Waals surface area contributed by atoms with Crippen LogP contribution in [0.3, 0.4) is 0 Å². The van der Waals surface area contributed by atoms with Crippen LogP contribution in [0.25, 0.3) is 0 Å². The van der Waals surface area contributed by atoms with Crippen LogP contribution in [0.2, 0.25) is 0 Å². The van der Waals surface area contributed by atoms with Crippen LogP contribution < -0.4 is 0 Å². The molecule has 1 heterocycles. The maximum atomic E-state index is 10.7. The molecule has 1 fully saturated rings. The largest absolute Gasteiger partial charge is 0.372 e. The first kappa shape index (κ1) is 14.7. The molecule has 1 rings (SSSR count). The van der Waals surface area contributed by atoms with E-state index in [1.807, 2.05) is 0 Å². The molecule has 0 aliphatic carbocycles. The van der Waals surface area contributed by atoms with Crippen LogP contribution in [-0.2, 0) is 9.53 Å². The van der Waals surface area contributed by atoms with Crippen molar-refractivity contribution in [3.05, 3.63) is 0 Å². The molecule has 1 aliphatic heterocycles. The fraction of sp³-hybridized carbons (Fsp3) is 0.929. The maximum Gasteiger partial charge on any atom is 0.155 e. The van der Waals surface area contributed by atoms with Crippen LogP contribution in [0.5, 0.6) is 0 Å². The van der Waals surface area contributed by atoms with Gasteiger partial charge in [0.2, 0.25) is 0 Å². The van der Waals surface area contributed by atoms with Crippen molar-refractivity contribution >= 4 is 5.78 Å². The monoisotopic (exact) mass is 241 g/mol. The normalized spacial score (nSPS) is 26.8. The molecule has 0 N–H and O–H groups in total. The Morgan fingerprint density at radius 1 is 1.35 bits per heavy atom. The van der Waals surface area contributed by atoms with E-state index in [2.05, 4.69) is 18.7 Å². The zero-order valence-electron chi connectivity index (χ0n) is 11.6. The first-order chi connectivity index (χ1) is 8.13. The van der Waals surface area contributed by atoms with E-state index in [9.17, 15) is 4.79 Å². The molecule has 0 aromatic heterocycles. The highest BCUT2D eigenvalue weighted by Gasteiger charge is 2.21. The zero-order chi connectivity index (χ0) is 12.7. The molecule has 3 heteroatoms. The summed E-state index contributed by atoms with van der Waals surface area (Å²) in [5, 5.41) is 0. The number of nitrogens with zero attached hydrogens (tertiary/aromatic N) is 1. The maximum absolute atomic E-state index is 10.7. The molecule has 2 atom stereocenters. The van der Waals surface area contributed by atoms with Gasteiger partial charge >= 0.3 is 0 Å². The third kappa shape index (κ3) is 5.64. The summed E-state index contributed by atoms with van der Waals surface area (Å²) in [7, 11) is 0. The summed E-state index contributed by atoms with van der Waals surface area (Å²) in [5.74, 6) is 1.85. The van der Waals surface area contributed by atoms with Crippen molar-refractivity contribution in [1.29, 1.82) is 0 Å². The van der Waals surface area contributed by atoms with E-state index < -0.39 is 0 Å². The third-order valence-corrected chi connectivity index (χ3v) is 3.90. The minimum Gasteiger partial charge on any atom is -0.372 e. The first-order valence-electron chi connectivity index (χ1n) is 6.93. The number of hydrogen-bond donors (Lipinski definition) is 0. The molecule has 17 heavy (non-hydrogen) atoms. The van der Waals surface area contributed by atoms with Gasteiger partial charge in [-0.25, -0.2) is 0 Å². The molecule has 1 aliphatic rings. The van der Waals surface area contributed by atoms with Crippen LogP contribution in [0.1, 0.15) is 40.0 Å². The fourth-order valence-corrected chi connectivity index (χ4v) is 2.61. The van der Waals surface area contributed by atoms with Gasteiger partial charge in [-0.2, -0.15) is 0 Å². The Bertz CT molecular complexity index is 230. The molecule has 1 saturated heterocycles. The molecule has 0 aromatic rings. The van der Waals surface area contributed by atoms with Crippen molar-refractivity contribution in [2.45, 2.75) is 40.0 Å². The van der Waals surface area contributed by atoms with Crippen molar-refractivity contribution in [3.63, 3.8) is 0 Å². The quantitative estimate of drug-likeness (QED) is 0.669. The average molecular weight is 241 g/mol. The van der Waals surface area contributed by atoms with Gasteiger partial charge in [-0.3, -0.25) is 4.79 Å². The van der Waals surface area contributed by atoms with Crippen LogP contribution >= 0.6 is 0 Å². The van der Waals surface area contributed by atoms with Gasteiger partial charge in [-0.15, -0.1) is 0 Å². The molecule has 0 radical (unpaired) electrons. The minimum atomic E-state index is 0.112. The first-order valence-corrected chi connectivity index (χ1v) is 6.93. The van der Waals surface area contributed by atoms with E-state index in [4.69, 9.17) is 4.74 Å². The van der Waals surface area contributed by atoms with Crippen molar-refractivity contribution in [2.24, 2.45) is 11.8 Å². The molecule has 0 spiro atoms. The Hall–Kier alpha value is -0.410. The van der Waals surface area contributed by atoms with Crippen LogP contribution in [-0.4, -0.2) is 43.5 Å². The number of hydrogen-bond acceptors (Lipinski definition) is 3. The number of carbonyl (C=O) groups excluding carboxylic acids is 1. The van der Waals surface area contributed by atoms with Crippen LogP contribution in [0, 0.1) is 11.8 Å². The van der Waals surface area contributed by atoms with E-state index in [-0.39, 0.29) is 12.4 Å². The highest BCUT2D eigenvalue weighted by molar-refractivity contribution is 5.76. The standard InChI is InChI=1S/C14H27NO2/c1-4-14-6-8-15(7-5-12(14)2)9-10-17-11-13(3)16/h12,14H,4-11H2,1-3H3. The third-order valence-electron chi connectivity index (χ3n) is 3.90. The van der Waals surface area contributed by atoms with E-state index in [1.165, 1.54) is 32.4 Å². The van der Waals surface area contributed by atoms with E-state index in [0.717, 1.165) is 18.4 Å². The molecular formula is C14H27NO2. The number of carbonyl (C=O) groups is 1. The second kappa shape index (κ2) is 7.83. The molecule has 3 nitrogen and oxygen atoms in total. The van der Waals surface area contributed by atoms with Gasteiger partial charge in [0, 0.05) is 6.54 Å². The molecule has 0 aromatic carbocycles. The number of Topliss-reactive ketones (excluding diaryl/α,β-unsaturated/α-hetero) is 1. The van der Waals surface area contributed by atoms with Crippen molar-refractivity contribution in [3.8, 4) is 0 Å². The summed E-state index contributed by atoms with van der Waals surface area (Å²) < 4.78 is 5.33. The summed E-state index contributed by atoms with van der Waals surface area (Å²) >= 11 is 0. The molecule has 0 saturated carbocycles. The average Bonchev–Trinajstić information content (AvgIpc) is 2.47. The smallest absolute Gasteiger partial charge is 0.155 e. The number of rotatable bonds is 6. The number of ketones is 1. The Morgan fingerprint density at radius 3 is 2.71 bits per heavy atom. The van der Waals surface area contributed by atoms with Gasteiger partial charge in [0.25, 0.3) is 0 Å². The van der Waals surface area contributed by atoms with Crippen LogP contribution in [0.4, 0.5) is 0 Å². The van der Waals surface area contributed by atoms with Gasteiger partial charge in [0.05, 0.1) is 6.61 Å². The van der Waals surface area contributed by atoms with E-state index in [0.29, 0.717) is 6.61 Å². The Balaban J connectivity index is 2.20. The van der Waals surface area contributed by atoms with E-state index in [1.54, 1.807) is 6.92 Å². The summed E-state index contributed by atoms with van der Waals surface area (Å²) in [6.45, 7) is 10.5. The molecule has 100 valence electrons. The summed E-state index contributed by atoms with van der Waals surface area (Å²) in [6, 6.07) is 0. The molecule has 0 amide bonds. The van der Waals surface area contributed by atoms with Gasteiger partial charge in [0.15, 0.2) is 5.78 Å². The summed E-state index contributed by atoms with van der Waals surface area (Å²) in [6.07, 6.45) is 3.91. The minimum absolute atomic E-state index is 0.112. The highest BCUT2D eigenvalue weighted by atomic mass is 16.5. The second-order valence-electron chi connectivity index (χ2n) is 5.32. The SMILES string of the molecule is CCC1CCN(CCOCC(C)=O)CCC1C. The molecular weight excluding hydrogens is 214 g/mol. The van der Waals surface area contributed by atoms with Crippen molar-refractivity contribution in [1.82, 2.24) is 4.90 Å². The van der Waals surface area contributed by atoms with Crippen molar-refractivity contribution < 1.29 is 9.53 Å². The lowest BCUT2D eigenvalue weighted by Crippen LogP contribution is -2.29. The predicted molar refractivity (Wildman–Crippen MR) is 70.1 cm³/mol. The van der Waals surface area contributed by atoms with Crippen molar-refractivity contribution in [2.75, 3.05) is 32.8 Å². The Morgan fingerprint density at radius 2 is 2.06 bits per heavy atom. The zero-order valence-corrected chi connectivity index (χ0v) is 11.6. The van der Waals surface area contributed by atoms with Gasteiger partial charge < -0.3 is 9.64 Å². The highest BCUT2D eigenvalue weighted by Crippen LogP contribution is 2.26. The molecule has 0 bridgehead atoms. The Kier molecular flexibility index (Phi) is 6.75. The summed E-state index contributed by atoms with van der Waals surface area (Å²) in [5.41, 5.74) is 0. The topological polar surface area (TPSA) is 29.5 Å². The lowest BCUT2D eigenvalue weighted by molar-refractivity contribution is -0.121. The lowest BCUT2D eigenvalue weighted by Gasteiger charge is -2.19. The Labute approximate surface area is 106 Å². The second-order valence-corrected chi connectivity index (χ2v) is 5.32. The molecule has 2 unspecified atom stereocenters. The summed E-state index contributed by atoms with van der Waals surface area (Å²) in [4.78, 5) is 13.2. The van der Waals surface area contributed by atoms with Gasteiger partial charge in [-0.1, -0.05) is 20.3 Å². The fourth-order valence-electron chi connectivity index (χ4n) is 2.61. The van der Waals surface area contributed by atoms with Gasteiger partial charge in [-0.05, 0) is 44.7 Å². The predicted octanol–water partition coefficient (Wildman–Crippen LogP) is 2.35. The lowest BCUT2D eigenvalue weighted by atomic mass is 9.88. The number of ether oxygens (including phenoxy) is 1. The van der Waals surface area contributed by atoms with Crippen LogP contribution in [0.15, 0.2) is 0 Å².